The van der Waals surface area contributed by atoms with Gasteiger partial charge in [-0.15, -0.1) is 10.2 Å². The summed E-state index contributed by atoms with van der Waals surface area (Å²) in [6.07, 6.45) is 1.56. The van der Waals surface area contributed by atoms with Gasteiger partial charge >= 0.3 is 0 Å². The van der Waals surface area contributed by atoms with E-state index in [0.717, 1.165) is 60.1 Å². The van der Waals surface area contributed by atoms with E-state index >= 15 is 0 Å². The SMILES string of the molecule is COc1ccc(OC)c(CNC(=O)C2CCN(c3ccc(-c4ccccc4)nn3)CC2)c1. The molecule has 7 nitrogen and oxygen atoms in total. The Bertz CT molecular complexity index is 1030. The first-order valence-electron chi connectivity index (χ1n) is 10.8. The molecular weight excluding hydrogens is 404 g/mol. The fourth-order valence-electron chi connectivity index (χ4n) is 3.97. The number of benzene rings is 2. The second kappa shape index (κ2) is 10.1. The molecule has 1 aromatic heterocycles. The van der Waals surface area contributed by atoms with Crippen LogP contribution >= 0.6 is 0 Å². The third-order valence-electron chi connectivity index (χ3n) is 5.85. The summed E-state index contributed by atoms with van der Waals surface area (Å²) in [5.41, 5.74) is 2.80. The second-order valence-corrected chi connectivity index (χ2v) is 7.80. The third kappa shape index (κ3) is 4.99. The zero-order valence-corrected chi connectivity index (χ0v) is 18.5. The fraction of sp³-hybridized carbons (Fsp3) is 0.320. The van der Waals surface area contributed by atoms with Crippen molar-refractivity contribution >= 4 is 11.7 Å². The Morgan fingerprint density at radius 3 is 2.44 bits per heavy atom. The number of nitrogens with one attached hydrogen (secondary N) is 1. The second-order valence-electron chi connectivity index (χ2n) is 7.80. The van der Waals surface area contributed by atoms with Gasteiger partial charge in [0.25, 0.3) is 0 Å². The minimum Gasteiger partial charge on any atom is -0.497 e. The average Bonchev–Trinajstić information content (AvgIpc) is 2.87. The van der Waals surface area contributed by atoms with Gasteiger partial charge in [0.15, 0.2) is 5.82 Å². The number of methoxy groups -OCH3 is 2. The van der Waals surface area contributed by atoms with Crippen molar-refractivity contribution in [2.45, 2.75) is 19.4 Å². The molecule has 0 aliphatic carbocycles. The van der Waals surface area contributed by atoms with Crippen LogP contribution in [0.5, 0.6) is 11.5 Å². The highest BCUT2D eigenvalue weighted by Crippen LogP contribution is 2.26. The van der Waals surface area contributed by atoms with E-state index in [9.17, 15) is 4.79 Å². The van der Waals surface area contributed by atoms with Crippen molar-refractivity contribution in [1.29, 1.82) is 0 Å². The van der Waals surface area contributed by atoms with Crippen LogP contribution in [-0.4, -0.2) is 43.4 Å². The first-order chi connectivity index (χ1) is 15.7. The summed E-state index contributed by atoms with van der Waals surface area (Å²) in [7, 11) is 3.25. The molecular formula is C25H28N4O3. The molecule has 2 heterocycles. The molecule has 1 aliphatic rings. The van der Waals surface area contributed by atoms with Gasteiger partial charge in [-0.1, -0.05) is 30.3 Å². The molecule has 1 N–H and O–H groups in total. The number of hydrogen-bond acceptors (Lipinski definition) is 6. The van der Waals surface area contributed by atoms with Gasteiger partial charge in [-0.05, 0) is 43.2 Å². The number of aromatic nitrogens is 2. The maximum atomic E-state index is 12.7. The third-order valence-corrected chi connectivity index (χ3v) is 5.85. The molecule has 1 aliphatic heterocycles. The summed E-state index contributed by atoms with van der Waals surface area (Å²) in [5, 5.41) is 11.8. The lowest BCUT2D eigenvalue weighted by atomic mass is 9.95. The number of piperidine rings is 1. The highest BCUT2D eigenvalue weighted by atomic mass is 16.5. The summed E-state index contributed by atoms with van der Waals surface area (Å²) in [6, 6.07) is 19.6. The Balaban J connectivity index is 1.30. The molecule has 0 radical (unpaired) electrons. The maximum Gasteiger partial charge on any atom is 0.223 e. The van der Waals surface area contributed by atoms with Crippen LogP contribution in [0.2, 0.25) is 0 Å². The van der Waals surface area contributed by atoms with E-state index in [-0.39, 0.29) is 11.8 Å². The molecule has 1 fully saturated rings. The summed E-state index contributed by atoms with van der Waals surface area (Å²) >= 11 is 0. The number of hydrogen-bond donors (Lipinski definition) is 1. The molecule has 3 aromatic rings. The quantitative estimate of drug-likeness (QED) is 0.614. The van der Waals surface area contributed by atoms with E-state index in [0.29, 0.717) is 6.54 Å². The molecule has 7 heteroatoms. The van der Waals surface area contributed by atoms with Crippen molar-refractivity contribution in [3.8, 4) is 22.8 Å². The standard InChI is InChI=1S/C25H28N4O3/c1-31-21-8-10-23(32-2)20(16-21)17-26-25(30)19-12-14-29(15-13-19)24-11-9-22(27-28-24)18-6-4-3-5-7-18/h3-11,16,19H,12-15,17H2,1-2H3,(H,26,30). The lowest BCUT2D eigenvalue weighted by molar-refractivity contribution is -0.125. The number of amides is 1. The van der Waals surface area contributed by atoms with Gasteiger partial charge in [0, 0.05) is 36.7 Å². The van der Waals surface area contributed by atoms with Crippen LogP contribution in [0.25, 0.3) is 11.3 Å². The zero-order valence-electron chi connectivity index (χ0n) is 18.5. The molecule has 1 saturated heterocycles. The molecule has 166 valence electrons. The molecule has 1 amide bonds. The Morgan fingerprint density at radius 2 is 1.78 bits per heavy atom. The van der Waals surface area contributed by atoms with Crippen molar-refractivity contribution in [2.24, 2.45) is 5.92 Å². The lowest BCUT2D eigenvalue weighted by Crippen LogP contribution is -2.40. The first kappa shape index (κ1) is 21.6. The Hall–Kier alpha value is -3.61. The van der Waals surface area contributed by atoms with Crippen LogP contribution in [0.4, 0.5) is 5.82 Å². The van der Waals surface area contributed by atoms with Gasteiger partial charge in [0.05, 0.1) is 19.9 Å². The van der Waals surface area contributed by atoms with Crippen LogP contribution in [0.3, 0.4) is 0 Å². The number of ether oxygens (including phenoxy) is 2. The summed E-state index contributed by atoms with van der Waals surface area (Å²) < 4.78 is 10.7. The van der Waals surface area contributed by atoms with Crippen LogP contribution in [0.15, 0.2) is 60.7 Å². The van der Waals surface area contributed by atoms with Gasteiger partial charge in [-0.2, -0.15) is 0 Å². The van der Waals surface area contributed by atoms with Gasteiger partial charge in [0.2, 0.25) is 5.91 Å². The highest BCUT2D eigenvalue weighted by Gasteiger charge is 2.26. The monoisotopic (exact) mass is 432 g/mol. The number of carbonyl (C=O) groups is 1. The predicted octanol–water partition coefficient (Wildman–Crippen LogP) is 3.69. The Labute approximate surface area is 188 Å². The van der Waals surface area contributed by atoms with Crippen LogP contribution in [0, 0.1) is 5.92 Å². The van der Waals surface area contributed by atoms with Gasteiger partial charge < -0.3 is 19.7 Å². The zero-order chi connectivity index (χ0) is 22.3. The molecule has 0 spiro atoms. The minimum atomic E-state index is -0.0144. The Kier molecular flexibility index (Phi) is 6.84. The number of carbonyl (C=O) groups excluding carboxylic acids is 1. The lowest BCUT2D eigenvalue weighted by Gasteiger charge is -2.31. The van der Waals surface area contributed by atoms with Crippen LogP contribution in [-0.2, 0) is 11.3 Å². The number of nitrogens with zero attached hydrogens (tertiary/aromatic N) is 3. The molecule has 0 atom stereocenters. The normalized spacial score (nSPS) is 14.1. The van der Waals surface area contributed by atoms with Crippen molar-refractivity contribution < 1.29 is 14.3 Å². The van der Waals surface area contributed by atoms with Crippen LogP contribution in [0.1, 0.15) is 18.4 Å². The summed E-state index contributed by atoms with van der Waals surface area (Å²) in [4.78, 5) is 14.9. The summed E-state index contributed by atoms with van der Waals surface area (Å²) in [5.74, 6) is 2.38. The smallest absolute Gasteiger partial charge is 0.223 e. The van der Waals surface area contributed by atoms with Gasteiger partial charge in [-0.3, -0.25) is 4.79 Å². The van der Waals surface area contributed by atoms with Crippen molar-refractivity contribution in [2.75, 3.05) is 32.2 Å². The van der Waals surface area contributed by atoms with E-state index in [1.54, 1.807) is 14.2 Å². The van der Waals surface area contributed by atoms with Gasteiger partial charge in [0.1, 0.15) is 11.5 Å². The Morgan fingerprint density at radius 1 is 1.00 bits per heavy atom. The van der Waals surface area contributed by atoms with E-state index < -0.39 is 0 Å². The number of rotatable bonds is 7. The topological polar surface area (TPSA) is 76.6 Å². The maximum absolute atomic E-state index is 12.7. The van der Waals surface area contributed by atoms with E-state index in [4.69, 9.17) is 9.47 Å². The van der Waals surface area contributed by atoms with Crippen molar-refractivity contribution in [3.05, 3.63) is 66.2 Å². The number of anilines is 1. The molecule has 0 saturated carbocycles. The van der Waals surface area contributed by atoms with Crippen molar-refractivity contribution in [1.82, 2.24) is 15.5 Å². The highest BCUT2D eigenvalue weighted by molar-refractivity contribution is 5.79. The molecule has 0 bridgehead atoms. The largest absolute Gasteiger partial charge is 0.497 e. The molecule has 32 heavy (non-hydrogen) atoms. The van der Waals surface area contributed by atoms with E-state index in [1.807, 2.05) is 60.7 Å². The molecule has 0 unspecified atom stereocenters. The first-order valence-corrected chi connectivity index (χ1v) is 10.8. The molecule has 2 aromatic carbocycles. The van der Waals surface area contributed by atoms with E-state index in [2.05, 4.69) is 20.4 Å². The summed E-state index contributed by atoms with van der Waals surface area (Å²) in [6.45, 7) is 1.96. The van der Waals surface area contributed by atoms with E-state index in [1.165, 1.54) is 0 Å². The molecule has 4 rings (SSSR count). The average molecular weight is 433 g/mol. The van der Waals surface area contributed by atoms with Gasteiger partial charge in [-0.25, -0.2) is 0 Å². The predicted molar refractivity (Wildman–Crippen MR) is 124 cm³/mol. The van der Waals surface area contributed by atoms with Crippen molar-refractivity contribution in [3.63, 3.8) is 0 Å². The minimum absolute atomic E-state index is 0.0144. The fourth-order valence-corrected chi connectivity index (χ4v) is 3.97. The van der Waals surface area contributed by atoms with Crippen LogP contribution < -0.4 is 19.7 Å².